The molecule has 21 heavy (non-hydrogen) atoms. The Morgan fingerprint density at radius 3 is 2.24 bits per heavy atom. The fourth-order valence-corrected chi connectivity index (χ4v) is 3.75. The van der Waals surface area contributed by atoms with E-state index in [2.05, 4.69) is 62.6 Å². The lowest BCUT2D eigenvalue weighted by molar-refractivity contribution is 0.145. The molecule has 2 N–H and O–H groups in total. The topological polar surface area (TPSA) is 33.3 Å². The summed E-state index contributed by atoms with van der Waals surface area (Å²) >= 11 is 0. The molecule has 3 heteroatoms. The smallest absolute Gasteiger partial charge is 0.0716 e. The minimum atomic E-state index is 0.186. The van der Waals surface area contributed by atoms with Crippen LogP contribution in [-0.4, -0.2) is 24.2 Å². The van der Waals surface area contributed by atoms with Gasteiger partial charge in [-0.15, -0.1) is 0 Å². The lowest BCUT2D eigenvalue weighted by Crippen LogP contribution is -2.61. The van der Waals surface area contributed by atoms with Crippen molar-refractivity contribution >= 4 is 0 Å². The van der Waals surface area contributed by atoms with E-state index in [0.717, 1.165) is 19.4 Å². The minimum absolute atomic E-state index is 0.186. The number of ether oxygens (including phenoxy) is 1. The van der Waals surface area contributed by atoms with Crippen molar-refractivity contribution in [2.24, 2.45) is 0 Å². The molecule has 1 fully saturated rings. The zero-order valence-corrected chi connectivity index (χ0v) is 14.1. The number of rotatable bonds is 5. The molecular weight excluding hydrogens is 260 g/mol. The van der Waals surface area contributed by atoms with Crippen LogP contribution in [0.15, 0.2) is 24.3 Å². The quantitative estimate of drug-likeness (QED) is 0.873. The molecule has 0 amide bonds. The lowest BCUT2D eigenvalue weighted by Gasteiger charge is -2.46. The summed E-state index contributed by atoms with van der Waals surface area (Å²) in [4.78, 5) is 0. The fraction of sp³-hybridized carbons (Fsp3) is 0.667. The average Bonchev–Trinajstić information content (AvgIpc) is 2.34. The monoisotopic (exact) mass is 290 g/mol. The summed E-state index contributed by atoms with van der Waals surface area (Å²) in [5.41, 5.74) is 2.99. The second-order valence-electron chi connectivity index (χ2n) is 7.58. The van der Waals surface area contributed by atoms with Crippen molar-refractivity contribution in [3.05, 3.63) is 35.4 Å². The molecule has 118 valence electrons. The van der Waals surface area contributed by atoms with Crippen molar-refractivity contribution in [3.8, 4) is 0 Å². The Kier molecular flexibility index (Phi) is 5.07. The molecule has 1 aliphatic heterocycles. The zero-order valence-electron chi connectivity index (χ0n) is 14.1. The van der Waals surface area contributed by atoms with Crippen molar-refractivity contribution in [1.82, 2.24) is 10.6 Å². The van der Waals surface area contributed by atoms with Crippen molar-refractivity contribution in [2.75, 3.05) is 7.11 Å². The van der Waals surface area contributed by atoms with Gasteiger partial charge in [0, 0.05) is 30.8 Å². The Morgan fingerprint density at radius 2 is 1.67 bits per heavy atom. The highest BCUT2D eigenvalue weighted by Crippen LogP contribution is 2.28. The van der Waals surface area contributed by atoms with Crippen LogP contribution >= 0.6 is 0 Å². The Labute approximate surface area is 129 Å². The zero-order chi connectivity index (χ0) is 15.5. The van der Waals surface area contributed by atoms with E-state index in [-0.39, 0.29) is 11.1 Å². The molecule has 0 bridgehead atoms. The first kappa shape index (κ1) is 16.5. The maximum Gasteiger partial charge on any atom is 0.0716 e. The lowest BCUT2D eigenvalue weighted by atomic mass is 9.79. The average molecular weight is 290 g/mol. The van der Waals surface area contributed by atoms with E-state index < -0.39 is 0 Å². The van der Waals surface area contributed by atoms with Crippen molar-refractivity contribution in [1.29, 1.82) is 0 Å². The van der Waals surface area contributed by atoms with Crippen LogP contribution in [0.3, 0.4) is 0 Å². The normalized spacial score (nSPS) is 21.4. The van der Waals surface area contributed by atoms with Gasteiger partial charge in [0.15, 0.2) is 0 Å². The van der Waals surface area contributed by atoms with Gasteiger partial charge >= 0.3 is 0 Å². The maximum atomic E-state index is 5.29. The van der Waals surface area contributed by atoms with E-state index in [9.17, 15) is 0 Å². The molecule has 1 aliphatic rings. The van der Waals surface area contributed by atoms with Crippen LogP contribution < -0.4 is 10.6 Å². The molecule has 0 aliphatic carbocycles. The standard InChI is InChI=1S/C18H30N2O/c1-17(2)10-16(11-18(3,4)20-17)19-12-14-8-6-7-9-15(14)13-21-5/h6-9,16,19-20H,10-13H2,1-5H3. The van der Waals surface area contributed by atoms with E-state index >= 15 is 0 Å². The van der Waals surface area contributed by atoms with Crippen molar-refractivity contribution < 1.29 is 4.74 Å². The third-order valence-corrected chi connectivity index (χ3v) is 4.19. The SMILES string of the molecule is COCc1ccccc1CNC1CC(C)(C)NC(C)(C)C1. The van der Waals surface area contributed by atoms with Crippen LogP contribution in [0.5, 0.6) is 0 Å². The number of hydrogen-bond donors (Lipinski definition) is 2. The molecule has 1 aromatic rings. The molecule has 0 atom stereocenters. The van der Waals surface area contributed by atoms with Gasteiger partial charge in [-0.1, -0.05) is 24.3 Å². The first-order valence-corrected chi connectivity index (χ1v) is 7.90. The molecule has 3 nitrogen and oxygen atoms in total. The summed E-state index contributed by atoms with van der Waals surface area (Å²) in [5.74, 6) is 0. The molecular formula is C18H30N2O. The number of piperidine rings is 1. The largest absolute Gasteiger partial charge is 0.380 e. The molecule has 1 saturated heterocycles. The third-order valence-electron chi connectivity index (χ3n) is 4.19. The van der Waals surface area contributed by atoms with E-state index in [1.807, 2.05) is 0 Å². The third kappa shape index (κ3) is 4.80. The predicted octanol–water partition coefficient (Wildman–Crippen LogP) is 3.23. The Morgan fingerprint density at radius 1 is 1.10 bits per heavy atom. The van der Waals surface area contributed by atoms with Gasteiger partial charge in [0.05, 0.1) is 6.61 Å². The molecule has 0 unspecified atom stereocenters. The number of hydrogen-bond acceptors (Lipinski definition) is 3. The summed E-state index contributed by atoms with van der Waals surface area (Å²) in [6.07, 6.45) is 2.31. The Bertz CT molecular complexity index is 452. The molecule has 2 rings (SSSR count). The maximum absolute atomic E-state index is 5.29. The number of nitrogens with one attached hydrogen (secondary N) is 2. The molecule has 1 aromatic carbocycles. The molecule has 0 spiro atoms. The van der Waals surface area contributed by atoms with E-state index in [0.29, 0.717) is 12.6 Å². The number of benzene rings is 1. The van der Waals surface area contributed by atoms with Crippen molar-refractivity contribution in [3.63, 3.8) is 0 Å². The van der Waals surface area contributed by atoms with E-state index in [1.165, 1.54) is 11.1 Å². The van der Waals surface area contributed by atoms with Crippen molar-refractivity contribution in [2.45, 2.75) is 70.8 Å². The molecule has 0 aromatic heterocycles. The van der Waals surface area contributed by atoms with Crippen LogP contribution in [0.2, 0.25) is 0 Å². The van der Waals surface area contributed by atoms with Crippen LogP contribution in [0.1, 0.15) is 51.7 Å². The summed E-state index contributed by atoms with van der Waals surface area (Å²) in [7, 11) is 1.75. The van der Waals surface area contributed by atoms with Crippen LogP contribution in [-0.2, 0) is 17.9 Å². The Balaban J connectivity index is 1.99. The predicted molar refractivity (Wildman–Crippen MR) is 88.3 cm³/mol. The molecule has 0 saturated carbocycles. The highest BCUT2D eigenvalue weighted by Gasteiger charge is 2.37. The second-order valence-corrected chi connectivity index (χ2v) is 7.58. The van der Waals surface area contributed by atoms with Gasteiger partial charge in [0.1, 0.15) is 0 Å². The van der Waals surface area contributed by atoms with E-state index in [4.69, 9.17) is 4.74 Å². The number of methoxy groups -OCH3 is 1. The minimum Gasteiger partial charge on any atom is -0.380 e. The molecule has 0 radical (unpaired) electrons. The van der Waals surface area contributed by atoms with Crippen LogP contribution in [0.4, 0.5) is 0 Å². The van der Waals surface area contributed by atoms with E-state index in [1.54, 1.807) is 7.11 Å². The van der Waals surface area contributed by atoms with Gasteiger partial charge in [0.2, 0.25) is 0 Å². The summed E-state index contributed by atoms with van der Waals surface area (Å²) < 4.78 is 5.29. The fourth-order valence-electron chi connectivity index (χ4n) is 3.75. The first-order chi connectivity index (χ1) is 9.81. The van der Waals surface area contributed by atoms with Gasteiger partial charge in [0.25, 0.3) is 0 Å². The van der Waals surface area contributed by atoms with Crippen LogP contribution in [0.25, 0.3) is 0 Å². The highest BCUT2D eigenvalue weighted by molar-refractivity contribution is 5.26. The van der Waals surface area contributed by atoms with Gasteiger partial charge in [-0.05, 0) is 51.7 Å². The first-order valence-electron chi connectivity index (χ1n) is 7.90. The van der Waals surface area contributed by atoms with Gasteiger partial charge in [-0.2, -0.15) is 0 Å². The van der Waals surface area contributed by atoms with Gasteiger partial charge in [-0.3, -0.25) is 0 Å². The van der Waals surface area contributed by atoms with Gasteiger partial charge < -0.3 is 15.4 Å². The summed E-state index contributed by atoms with van der Waals surface area (Å²) in [6, 6.07) is 9.07. The van der Waals surface area contributed by atoms with Crippen LogP contribution in [0, 0.1) is 0 Å². The highest BCUT2D eigenvalue weighted by atomic mass is 16.5. The second kappa shape index (κ2) is 6.47. The Hall–Kier alpha value is -0.900. The molecule has 1 heterocycles. The van der Waals surface area contributed by atoms with Gasteiger partial charge in [-0.25, -0.2) is 0 Å². The summed E-state index contributed by atoms with van der Waals surface area (Å²) in [6.45, 7) is 10.8. The summed E-state index contributed by atoms with van der Waals surface area (Å²) in [5, 5.41) is 7.48.